The Labute approximate surface area is 143 Å². The van der Waals surface area contributed by atoms with Crippen LogP contribution in [-0.2, 0) is 4.79 Å². The minimum atomic E-state index is -0.150. The average molecular weight is 321 g/mol. The summed E-state index contributed by atoms with van der Waals surface area (Å²) in [5.74, 6) is 0.839. The van der Waals surface area contributed by atoms with Gasteiger partial charge in [-0.05, 0) is 50.0 Å². The third kappa shape index (κ3) is 4.44. The standard InChI is InChI=1S/C20H23N3O/c1-16-5-7-17(8-6-16)9-12-20(24)22-18-10-11-19(21-15-18)23-13-3-2-4-14-23/h5-12,15H,2-4,13-14H2,1H3,(H,22,24)/b12-9+. The maximum absolute atomic E-state index is 12.0. The van der Waals surface area contributed by atoms with Crippen molar-refractivity contribution in [1.82, 2.24) is 4.98 Å². The fourth-order valence-corrected chi connectivity index (χ4v) is 2.80. The third-order valence-corrected chi connectivity index (χ3v) is 4.20. The molecule has 3 rings (SSSR count). The molecule has 1 fully saturated rings. The molecule has 4 nitrogen and oxygen atoms in total. The van der Waals surface area contributed by atoms with Crippen molar-refractivity contribution in [2.75, 3.05) is 23.3 Å². The van der Waals surface area contributed by atoms with Crippen molar-refractivity contribution >= 4 is 23.5 Å². The molecular weight excluding hydrogens is 298 g/mol. The van der Waals surface area contributed by atoms with E-state index < -0.39 is 0 Å². The molecular formula is C20H23N3O. The molecule has 1 aliphatic heterocycles. The molecule has 4 heteroatoms. The van der Waals surface area contributed by atoms with Crippen LogP contribution in [0.4, 0.5) is 11.5 Å². The molecule has 0 unspecified atom stereocenters. The molecule has 1 N–H and O–H groups in total. The maximum atomic E-state index is 12.0. The van der Waals surface area contributed by atoms with Crippen LogP contribution in [0.3, 0.4) is 0 Å². The quantitative estimate of drug-likeness (QED) is 0.865. The van der Waals surface area contributed by atoms with E-state index in [-0.39, 0.29) is 5.91 Å². The highest BCUT2D eigenvalue weighted by Crippen LogP contribution is 2.19. The van der Waals surface area contributed by atoms with Crippen LogP contribution in [0.25, 0.3) is 6.08 Å². The molecule has 1 saturated heterocycles. The van der Waals surface area contributed by atoms with Gasteiger partial charge in [-0.1, -0.05) is 29.8 Å². The van der Waals surface area contributed by atoms with Gasteiger partial charge in [0.15, 0.2) is 0 Å². The first-order valence-corrected chi connectivity index (χ1v) is 8.47. The Morgan fingerprint density at radius 2 is 1.83 bits per heavy atom. The Morgan fingerprint density at radius 3 is 2.50 bits per heavy atom. The van der Waals surface area contributed by atoms with E-state index in [0.717, 1.165) is 24.5 Å². The van der Waals surface area contributed by atoms with Crippen LogP contribution in [0.1, 0.15) is 30.4 Å². The number of carbonyl (C=O) groups is 1. The molecule has 0 spiro atoms. The Bertz CT molecular complexity index is 699. The number of benzene rings is 1. The normalized spacial score (nSPS) is 14.8. The Balaban J connectivity index is 1.57. The van der Waals surface area contributed by atoms with Crippen LogP contribution in [-0.4, -0.2) is 24.0 Å². The lowest BCUT2D eigenvalue weighted by molar-refractivity contribution is -0.111. The van der Waals surface area contributed by atoms with Gasteiger partial charge in [-0.15, -0.1) is 0 Å². The van der Waals surface area contributed by atoms with Crippen molar-refractivity contribution in [1.29, 1.82) is 0 Å². The summed E-state index contributed by atoms with van der Waals surface area (Å²) in [7, 11) is 0. The van der Waals surface area contributed by atoms with Gasteiger partial charge in [-0.25, -0.2) is 4.98 Å². The lowest BCUT2D eigenvalue weighted by atomic mass is 10.1. The molecule has 0 atom stereocenters. The SMILES string of the molecule is Cc1ccc(/C=C/C(=O)Nc2ccc(N3CCCCC3)nc2)cc1. The van der Waals surface area contributed by atoms with Crippen molar-refractivity contribution in [3.05, 3.63) is 59.8 Å². The zero-order valence-corrected chi connectivity index (χ0v) is 14.0. The minimum absolute atomic E-state index is 0.150. The maximum Gasteiger partial charge on any atom is 0.248 e. The topological polar surface area (TPSA) is 45.2 Å². The highest BCUT2D eigenvalue weighted by atomic mass is 16.1. The van der Waals surface area contributed by atoms with Gasteiger partial charge in [0.25, 0.3) is 0 Å². The zero-order chi connectivity index (χ0) is 16.8. The van der Waals surface area contributed by atoms with Crippen LogP contribution in [0.15, 0.2) is 48.7 Å². The van der Waals surface area contributed by atoms with Crippen molar-refractivity contribution in [2.24, 2.45) is 0 Å². The zero-order valence-electron chi connectivity index (χ0n) is 14.0. The van der Waals surface area contributed by atoms with Gasteiger partial charge in [0.1, 0.15) is 5.82 Å². The third-order valence-electron chi connectivity index (χ3n) is 4.20. The number of aryl methyl sites for hydroxylation is 1. The van der Waals surface area contributed by atoms with Crippen LogP contribution in [0, 0.1) is 6.92 Å². The summed E-state index contributed by atoms with van der Waals surface area (Å²) < 4.78 is 0. The number of anilines is 2. The Morgan fingerprint density at radius 1 is 1.08 bits per heavy atom. The fourth-order valence-electron chi connectivity index (χ4n) is 2.80. The average Bonchev–Trinajstić information content (AvgIpc) is 2.63. The Kier molecular flexibility index (Phi) is 5.26. The molecule has 2 aromatic rings. The van der Waals surface area contributed by atoms with Crippen LogP contribution >= 0.6 is 0 Å². The first-order valence-electron chi connectivity index (χ1n) is 8.47. The minimum Gasteiger partial charge on any atom is -0.357 e. The molecule has 0 saturated carbocycles. The van der Waals surface area contributed by atoms with Crippen LogP contribution in [0.5, 0.6) is 0 Å². The highest BCUT2D eigenvalue weighted by Gasteiger charge is 2.11. The molecule has 1 aromatic carbocycles. The van der Waals surface area contributed by atoms with E-state index in [1.807, 2.05) is 49.4 Å². The Hall–Kier alpha value is -2.62. The van der Waals surface area contributed by atoms with E-state index in [0.29, 0.717) is 5.69 Å². The van der Waals surface area contributed by atoms with Gasteiger partial charge in [0, 0.05) is 19.2 Å². The van der Waals surface area contributed by atoms with E-state index in [2.05, 4.69) is 15.2 Å². The monoisotopic (exact) mass is 321 g/mol. The van der Waals surface area contributed by atoms with Crippen LogP contribution < -0.4 is 10.2 Å². The number of pyridine rings is 1. The van der Waals surface area contributed by atoms with Gasteiger partial charge in [-0.3, -0.25) is 4.79 Å². The fraction of sp³-hybridized carbons (Fsp3) is 0.300. The van der Waals surface area contributed by atoms with Gasteiger partial charge >= 0.3 is 0 Å². The summed E-state index contributed by atoms with van der Waals surface area (Å²) in [6, 6.07) is 11.9. The van der Waals surface area contributed by atoms with E-state index in [9.17, 15) is 4.79 Å². The van der Waals surface area contributed by atoms with Crippen molar-refractivity contribution in [3.63, 3.8) is 0 Å². The molecule has 1 aliphatic rings. The van der Waals surface area contributed by atoms with E-state index in [4.69, 9.17) is 0 Å². The van der Waals surface area contributed by atoms with E-state index in [1.165, 1.54) is 24.8 Å². The van der Waals surface area contributed by atoms with Gasteiger partial charge < -0.3 is 10.2 Å². The lowest BCUT2D eigenvalue weighted by Gasteiger charge is -2.27. The van der Waals surface area contributed by atoms with E-state index >= 15 is 0 Å². The smallest absolute Gasteiger partial charge is 0.248 e. The number of hydrogen-bond acceptors (Lipinski definition) is 3. The summed E-state index contributed by atoms with van der Waals surface area (Å²) in [6.07, 6.45) is 8.83. The van der Waals surface area contributed by atoms with Crippen molar-refractivity contribution in [3.8, 4) is 0 Å². The van der Waals surface area contributed by atoms with Gasteiger partial charge in [0.05, 0.1) is 11.9 Å². The summed E-state index contributed by atoms with van der Waals surface area (Å²) in [5, 5.41) is 2.85. The summed E-state index contributed by atoms with van der Waals surface area (Å²) in [4.78, 5) is 18.8. The number of nitrogens with zero attached hydrogens (tertiary/aromatic N) is 2. The molecule has 0 bridgehead atoms. The van der Waals surface area contributed by atoms with Crippen LogP contribution in [0.2, 0.25) is 0 Å². The highest BCUT2D eigenvalue weighted by molar-refractivity contribution is 6.01. The van der Waals surface area contributed by atoms with Crippen molar-refractivity contribution < 1.29 is 4.79 Å². The summed E-state index contributed by atoms with van der Waals surface area (Å²) in [6.45, 7) is 4.18. The first-order chi connectivity index (χ1) is 11.7. The predicted molar refractivity (Wildman–Crippen MR) is 99.1 cm³/mol. The summed E-state index contributed by atoms with van der Waals surface area (Å²) >= 11 is 0. The number of amides is 1. The van der Waals surface area contributed by atoms with Gasteiger partial charge in [-0.2, -0.15) is 0 Å². The molecule has 124 valence electrons. The predicted octanol–water partition coefficient (Wildman–Crippen LogP) is 4.03. The molecule has 0 aliphatic carbocycles. The van der Waals surface area contributed by atoms with Crippen molar-refractivity contribution in [2.45, 2.75) is 26.2 Å². The summed E-state index contributed by atoms with van der Waals surface area (Å²) in [5.41, 5.74) is 2.93. The second-order valence-electron chi connectivity index (χ2n) is 6.19. The molecule has 1 amide bonds. The number of nitrogens with one attached hydrogen (secondary N) is 1. The molecule has 1 aromatic heterocycles. The number of carbonyl (C=O) groups excluding carboxylic acids is 1. The number of rotatable bonds is 4. The number of hydrogen-bond donors (Lipinski definition) is 1. The molecule has 2 heterocycles. The van der Waals surface area contributed by atoms with E-state index in [1.54, 1.807) is 12.3 Å². The first kappa shape index (κ1) is 16.2. The number of aromatic nitrogens is 1. The lowest BCUT2D eigenvalue weighted by Crippen LogP contribution is -2.30. The largest absolute Gasteiger partial charge is 0.357 e. The molecule has 0 radical (unpaired) electrons. The van der Waals surface area contributed by atoms with Gasteiger partial charge in [0.2, 0.25) is 5.91 Å². The second-order valence-corrected chi connectivity index (χ2v) is 6.19. The second kappa shape index (κ2) is 7.77. The number of piperidine rings is 1. The molecule has 24 heavy (non-hydrogen) atoms.